The van der Waals surface area contributed by atoms with Crippen LogP contribution in [-0.4, -0.2) is 35.2 Å². The van der Waals surface area contributed by atoms with Crippen molar-refractivity contribution in [1.82, 2.24) is 5.16 Å². The number of amides is 1. The Morgan fingerprint density at radius 2 is 1.72 bits per heavy atom. The van der Waals surface area contributed by atoms with Crippen LogP contribution in [0.5, 0.6) is 0 Å². The number of hydrogen-bond acceptors (Lipinski definition) is 8. The third-order valence-corrected chi connectivity index (χ3v) is 4.39. The predicted octanol–water partition coefficient (Wildman–Crippen LogP) is 1.83. The van der Waals surface area contributed by atoms with E-state index >= 15 is 0 Å². The summed E-state index contributed by atoms with van der Waals surface area (Å²) in [7, 11) is 0. The van der Waals surface area contributed by atoms with Crippen molar-refractivity contribution in [1.29, 1.82) is 0 Å². The van der Waals surface area contributed by atoms with Crippen LogP contribution in [0.25, 0.3) is 0 Å². The van der Waals surface area contributed by atoms with Crippen molar-refractivity contribution in [3.05, 3.63) is 76.5 Å². The highest BCUT2D eigenvalue weighted by molar-refractivity contribution is 6.30. The molecule has 144 valence electrons. The highest BCUT2D eigenvalue weighted by Gasteiger charge is 2.33. The minimum atomic E-state index is -0.903. The van der Waals surface area contributed by atoms with Gasteiger partial charge in [0.15, 0.2) is 24.0 Å². The molecule has 2 aromatic carbocycles. The Morgan fingerprint density at radius 1 is 1.00 bits per heavy atom. The van der Waals surface area contributed by atoms with Crippen molar-refractivity contribution in [2.45, 2.75) is 0 Å². The van der Waals surface area contributed by atoms with Crippen LogP contribution in [0.3, 0.4) is 0 Å². The maximum Gasteiger partial charge on any atom is 0.340 e. The second-order valence-corrected chi connectivity index (χ2v) is 6.16. The predicted molar refractivity (Wildman–Crippen MR) is 99.6 cm³/mol. The first-order valence-electron chi connectivity index (χ1n) is 8.45. The molecule has 0 bridgehead atoms. The number of ketones is 2. The van der Waals surface area contributed by atoms with Gasteiger partial charge >= 0.3 is 5.97 Å². The number of esters is 1. The molecule has 0 aliphatic heterocycles. The number of carbonyl (C=O) groups is 4. The van der Waals surface area contributed by atoms with Gasteiger partial charge in [-0.05, 0) is 12.1 Å². The van der Waals surface area contributed by atoms with Crippen molar-refractivity contribution in [2.75, 3.05) is 17.7 Å². The molecule has 9 heteroatoms. The van der Waals surface area contributed by atoms with Gasteiger partial charge in [-0.25, -0.2) is 4.79 Å². The molecule has 1 aliphatic carbocycles. The number of rotatable bonds is 4. The Bertz CT molecular complexity index is 1170. The number of hydrogen-bond donors (Lipinski definition) is 2. The first-order valence-corrected chi connectivity index (χ1v) is 8.45. The zero-order chi connectivity index (χ0) is 20.5. The summed E-state index contributed by atoms with van der Waals surface area (Å²) in [5, 5.41) is 5.87. The van der Waals surface area contributed by atoms with Gasteiger partial charge in [0, 0.05) is 22.8 Å². The number of anilines is 2. The second kappa shape index (κ2) is 7.04. The van der Waals surface area contributed by atoms with Crippen molar-refractivity contribution in [3.63, 3.8) is 0 Å². The van der Waals surface area contributed by atoms with Gasteiger partial charge in [-0.2, -0.15) is 0 Å². The lowest BCUT2D eigenvalue weighted by atomic mass is 9.82. The average molecular weight is 391 g/mol. The lowest BCUT2D eigenvalue weighted by molar-refractivity contribution is -0.119. The zero-order valence-corrected chi connectivity index (χ0v) is 14.8. The number of nitrogens with one attached hydrogen (secondary N) is 1. The van der Waals surface area contributed by atoms with Crippen LogP contribution in [0.4, 0.5) is 11.5 Å². The molecule has 1 heterocycles. The van der Waals surface area contributed by atoms with Crippen molar-refractivity contribution in [2.24, 2.45) is 0 Å². The summed E-state index contributed by atoms with van der Waals surface area (Å²) < 4.78 is 9.53. The Morgan fingerprint density at radius 3 is 2.41 bits per heavy atom. The molecule has 0 spiro atoms. The van der Waals surface area contributed by atoms with Crippen molar-refractivity contribution >= 4 is 34.9 Å². The molecule has 0 saturated heterocycles. The van der Waals surface area contributed by atoms with Gasteiger partial charge in [-0.15, -0.1) is 0 Å². The maximum absolute atomic E-state index is 12.8. The van der Waals surface area contributed by atoms with E-state index in [4.69, 9.17) is 10.5 Å². The molecule has 0 saturated carbocycles. The van der Waals surface area contributed by atoms with Crippen LogP contribution in [0.1, 0.15) is 42.2 Å². The molecule has 1 aromatic heterocycles. The van der Waals surface area contributed by atoms with E-state index in [1.807, 2.05) is 0 Å². The van der Waals surface area contributed by atoms with E-state index in [0.29, 0.717) is 0 Å². The molecule has 0 radical (unpaired) electrons. The number of benzene rings is 2. The molecule has 1 amide bonds. The fraction of sp³-hybridized carbons (Fsp3) is 0.0500. The molecule has 3 aromatic rings. The summed E-state index contributed by atoms with van der Waals surface area (Å²) in [5.41, 5.74) is 6.32. The minimum Gasteiger partial charge on any atom is -0.452 e. The van der Waals surface area contributed by atoms with E-state index in [0.717, 1.165) is 0 Å². The lowest BCUT2D eigenvalue weighted by Crippen LogP contribution is -2.25. The first-order chi connectivity index (χ1) is 14.0. The van der Waals surface area contributed by atoms with Crippen LogP contribution in [-0.2, 0) is 9.53 Å². The highest BCUT2D eigenvalue weighted by Crippen LogP contribution is 2.32. The number of ether oxygens (including phenoxy) is 1. The van der Waals surface area contributed by atoms with Gasteiger partial charge in [-0.3, -0.25) is 14.4 Å². The molecule has 0 atom stereocenters. The molecule has 29 heavy (non-hydrogen) atoms. The van der Waals surface area contributed by atoms with Crippen LogP contribution in [0, 0.1) is 0 Å². The van der Waals surface area contributed by atoms with Crippen LogP contribution in [0.2, 0.25) is 0 Å². The fourth-order valence-electron chi connectivity index (χ4n) is 3.06. The molecular weight excluding hydrogens is 378 g/mol. The van der Waals surface area contributed by atoms with Crippen LogP contribution in [0.15, 0.2) is 53.3 Å². The largest absolute Gasteiger partial charge is 0.452 e. The number of nitrogens with two attached hydrogens (primary N) is 1. The minimum absolute atomic E-state index is 0.0461. The van der Waals surface area contributed by atoms with Crippen LogP contribution >= 0.6 is 0 Å². The van der Waals surface area contributed by atoms with E-state index in [9.17, 15) is 19.2 Å². The quantitative estimate of drug-likeness (QED) is 0.396. The van der Waals surface area contributed by atoms with Crippen molar-refractivity contribution < 1.29 is 28.4 Å². The highest BCUT2D eigenvalue weighted by atomic mass is 16.5. The second-order valence-electron chi connectivity index (χ2n) is 6.16. The Kier molecular flexibility index (Phi) is 4.40. The maximum atomic E-state index is 12.8. The molecule has 4 rings (SSSR count). The summed E-state index contributed by atoms with van der Waals surface area (Å²) >= 11 is 0. The Balaban J connectivity index is 1.57. The number of nitrogens with zero attached hydrogens (tertiary/aromatic N) is 1. The average Bonchev–Trinajstić information content (AvgIpc) is 3.23. The Labute approximate surface area is 163 Å². The van der Waals surface area contributed by atoms with E-state index in [1.54, 1.807) is 18.2 Å². The van der Waals surface area contributed by atoms with Gasteiger partial charge in [0.1, 0.15) is 6.26 Å². The van der Waals surface area contributed by atoms with E-state index in [-0.39, 0.29) is 45.1 Å². The number of nitrogen functional groups attached to an aromatic ring is 1. The summed E-state index contributed by atoms with van der Waals surface area (Å²) in [6.45, 7) is -0.599. The summed E-state index contributed by atoms with van der Waals surface area (Å²) in [6, 6.07) is 10.5. The standard InChI is InChI=1S/C20H13N3O6/c21-17-13(20(27)28-9-15(24)22-14-7-8-29-23-14)6-5-12-16(17)19(26)11-4-2-1-3-10(11)18(12)25/h1-8H,9,21H2,(H,22,23,24). The number of aromatic nitrogens is 1. The summed E-state index contributed by atoms with van der Waals surface area (Å²) in [5.74, 6) is -2.18. The fourth-order valence-corrected chi connectivity index (χ4v) is 3.06. The zero-order valence-electron chi connectivity index (χ0n) is 14.8. The van der Waals surface area contributed by atoms with Gasteiger partial charge in [0.2, 0.25) is 0 Å². The normalized spacial score (nSPS) is 12.1. The smallest absolute Gasteiger partial charge is 0.340 e. The van der Waals surface area contributed by atoms with Gasteiger partial charge in [-0.1, -0.05) is 29.4 Å². The lowest BCUT2D eigenvalue weighted by Gasteiger charge is -2.20. The topological polar surface area (TPSA) is 142 Å². The summed E-state index contributed by atoms with van der Waals surface area (Å²) in [6.07, 6.45) is 1.27. The summed E-state index contributed by atoms with van der Waals surface area (Å²) in [4.78, 5) is 49.7. The molecule has 9 nitrogen and oxygen atoms in total. The number of carbonyl (C=O) groups excluding carboxylic acids is 4. The SMILES string of the molecule is Nc1c(C(=O)OCC(=O)Nc2ccon2)ccc2c1C(=O)c1ccccc1C2=O. The third-order valence-electron chi connectivity index (χ3n) is 4.39. The molecule has 3 N–H and O–H groups in total. The first kappa shape index (κ1) is 18.1. The molecule has 0 unspecified atom stereocenters. The van der Waals surface area contributed by atoms with E-state index < -0.39 is 24.3 Å². The van der Waals surface area contributed by atoms with Crippen molar-refractivity contribution in [3.8, 4) is 0 Å². The van der Waals surface area contributed by atoms with Gasteiger partial charge in [0.05, 0.1) is 16.8 Å². The molecule has 0 fully saturated rings. The number of fused-ring (bicyclic) bond motifs is 2. The van der Waals surface area contributed by atoms with Gasteiger partial charge < -0.3 is 20.3 Å². The van der Waals surface area contributed by atoms with E-state index in [1.165, 1.54) is 30.5 Å². The van der Waals surface area contributed by atoms with E-state index in [2.05, 4.69) is 15.0 Å². The molecule has 1 aliphatic rings. The molecular formula is C20H13N3O6. The monoisotopic (exact) mass is 391 g/mol. The Hall–Kier alpha value is -4.27. The van der Waals surface area contributed by atoms with Crippen LogP contribution < -0.4 is 11.1 Å². The third kappa shape index (κ3) is 3.14. The van der Waals surface area contributed by atoms with Gasteiger partial charge in [0.25, 0.3) is 5.91 Å².